The quantitative estimate of drug-likeness (QED) is 0.822. The van der Waals surface area contributed by atoms with Gasteiger partial charge in [0.05, 0.1) is 5.25 Å². The van der Waals surface area contributed by atoms with Crippen LogP contribution in [0.4, 0.5) is 0 Å². The van der Waals surface area contributed by atoms with Crippen LogP contribution in [0.2, 0.25) is 0 Å². The van der Waals surface area contributed by atoms with Crippen molar-refractivity contribution in [1.29, 1.82) is 0 Å². The molecule has 1 rings (SSSR count). The maximum atomic E-state index is 12.5. The van der Waals surface area contributed by atoms with E-state index in [0.717, 1.165) is 18.2 Å². The van der Waals surface area contributed by atoms with E-state index in [1.165, 1.54) is 12.8 Å². The minimum absolute atomic E-state index is 0.355. The highest BCUT2D eigenvalue weighted by molar-refractivity contribution is 7.85. The molecule has 1 N–H and O–H groups in total. The minimum atomic E-state index is -0.676. The number of rotatable bonds is 5. The van der Waals surface area contributed by atoms with Crippen LogP contribution in [0.1, 0.15) is 47.5 Å². The lowest BCUT2D eigenvalue weighted by atomic mass is 9.80. The van der Waals surface area contributed by atoms with Crippen molar-refractivity contribution in [2.45, 2.75) is 58.8 Å². The molecule has 0 amide bonds. The van der Waals surface area contributed by atoms with Crippen molar-refractivity contribution >= 4 is 10.8 Å². The summed E-state index contributed by atoms with van der Waals surface area (Å²) in [6, 6.07) is 0.457. The molecule has 0 aromatic carbocycles. The zero-order valence-corrected chi connectivity index (χ0v) is 12.8. The zero-order chi connectivity index (χ0) is 13.0. The third-order valence-electron chi connectivity index (χ3n) is 3.66. The number of hydrogen-bond acceptors (Lipinski definition) is 2. The van der Waals surface area contributed by atoms with Crippen molar-refractivity contribution in [2.75, 3.05) is 12.3 Å². The fraction of sp³-hybridized carbons (Fsp3) is 1.00. The smallest absolute Gasteiger partial charge is 0.0527 e. The Morgan fingerprint density at radius 3 is 2.47 bits per heavy atom. The van der Waals surface area contributed by atoms with Gasteiger partial charge < -0.3 is 5.32 Å². The van der Waals surface area contributed by atoms with Crippen LogP contribution in [-0.4, -0.2) is 27.8 Å². The number of nitrogens with one attached hydrogen (secondary N) is 1. The fourth-order valence-electron chi connectivity index (χ4n) is 3.17. The van der Waals surface area contributed by atoms with Crippen LogP contribution in [0, 0.1) is 17.8 Å². The van der Waals surface area contributed by atoms with Crippen LogP contribution in [0.25, 0.3) is 0 Å². The molecular formula is C14H29NOS. The lowest BCUT2D eigenvalue weighted by Gasteiger charge is -2.39. The van der Waals surface area contributed by atoms with Gasteiger partial charge in [-0.05, 0) is 37.1 Å². The molecule has 0 spiro atoms. The Morgan fingerprint density at radius 1 is 1.29 bits per heavy atom. The molecule has 1 aliphatic rings. The highest BCUT2D eigenvalue weighted by Crippen LogP contribution is 2.32. The van der Waals surface area contributed by atoms with E-state index in [4.69, 9.17) is 0 Å². The van der Waals surface area contributed by atoms with Gasteiger partial charge in [-0.1, -0.05) is 34.6 Å². The molecule has 3 heteroatoms. The summed E-state index contributed by atoms with van der Waals surface area (Å²) in [6.07, 6.45) is 2.42. The van der Waals surface area contributed by atoms with E-state index in [1.54, 1.807) is 0 Å². The standard InChI is InChI=1S/C14H29NOS/c1-6-15-13-8-11(4)7-12(5)14(13)17(16)9-10(2)3/h10-15H,6-9H2,1-5H3. The third-order valence-corrected chi connectivity index (χ3v) is 6.05. The fourth-order valence-corrected chi connectivity index (χ4v) is 5.26. The molecule has 0 bridgehead atoms. The van der Waals surface area contributed by atoms with Crippen molar-refractivity contribution < 1.29 is 4.21 Å². The Morgan fingerprint density at radius 2 is 1.94 bits per heavy atom. The lowest BCUT2D eigenvalue weighted by Crippen LogP contribution is -2.50. The molecule has 5 atom stereocenters. The summed E-state index contributed by atoms with van der Waals surface area (Å²) in [6.45, 7) is 12.1. The summed E-state index contributed by atoms with van der Waals surface area (Å²) in [5.41, 5.74) is 0. The Bertz CT molecular complexity index is 255. The molecule has 1 saturated carbocycles. The SMILES string of the molecule is CCNC1CC(C)CC(C)C1S(=O)CC(C)C. The molecule has 0 saturated heterocycles. The molecular weight excluding hydrogens is 230 g/mol. The molecule has 102 valence electrons. The first-order chi connectivity index (χ1) is 7.95. The van der Waals surface area contributed by atoms with E-state index in [-0.39, 0.29) is 0 Å². The number of hydrogen-bond donors (Lipinski definition) is 1. The lowest BCUT2D eigenvalue weighted by molar-refractivity contribution is 0.247. The van der Waals surface area contributed by atoms with Crippen molar-refractivity contribution in [3.05, 3.63) is 0 Å². The van der Waals surface area contributed by atoms with Crippen molar-refractivity contribution in [2.24, 2.45) is 17.8 Å². The zero-order valence-electron chi connectivity index (χ0n) is 12.0. The second-order valence-electron chi connectivity index (χ2n) is 6.12. The molecule has 0 aliphatic heterocycles. The Labute approximate surface area is 109 Å². The minimum Gasteiger partial charge on any atom is -0.313 e. The summed E-state index contributed by atoms with van der Waals surface area (Å²) < 4.78 is 12.5. The van der Waals surface area contributed by atoms with Crippen LogP contribution >= 0.6 is 0 Å². The average Bonchev–Trinajstić information content (AvgIpc) is 2.15. The summed E-state index contributed by atoms with van der Waals surface area (Å²) in [4.78, 5) is 0. The van der Waals surface area contributed by atoms with Gasteiger partial charge >= 0.3 is 0 Å². The molecule has 0 aromatic heterocycles. The molecule has 0 heterocycles. The van der Waals surface area contributed by atoms with Gasteiger partial charge in [-0.2, -0.15) is 0 Å². The third kappa shape index (κ3) is 4.36. The largest absolute Gasteiger partial charge is 0.313 e. The normalized spacial score (nSPS) is 36.1. The Kier molecular flexibility index (Phi) is 6.14. The van der Waals surface area contributed by atoms with Gasteiger partial charge in [0, 0.05) is 22.6 Å². The first-order valence-corrected chi connectivity index (χ1v) is 8.44. The predicted octanol–water partition coefficient (Wildman–Crippen LogP) is 2.80. The summed E-state index contributed by atoms with van der Waals surface area (Å²) in [5, 5.41) is 3.91. The Hall–Kier alpha value is 0.110. The van der Waals surface area contributed by atoms with Crippen molar-refractivity contribution in [3.63, 3.8) is 0 Å². The van der Waals surface area contributed by atoms with Crippen LogP contribution in [0.5, 0.6) is 0 Å². The van der Waals surface area contributed by atoms with Gasteiger partial charge in [-0.25, -0.2) is 0 Å². The molecule has 1 fully saturated rings. The van der Waals surface area contributed by atoms with E-state index < -0.39 is 10.8 Å². The topological polar surface area (TPSA) is 29.1 Å². The molecule has 17 heavy (non-hydrogen) atoms. The van der Waals surface area contributed by atoms with Crippen LogP contribution in [0.3, 0.4) is 0 Å². The van der Waals surface area contributed by atoms with Gasteiger partial charge in [0.15, 0.2) is 0 Å². The second kappa shape index (κ2) is 6.89. The predicted molar refractivity (Wildman–Crippen MR) is 76.7 cm³/mol. The van der Waals surface area contributed by atoms with Crippen molar-refractivity contribution in [1.82, 2.24) is 5.32 Å². The van der Waals surface area contributed by atoms with E-state index in [1.807, 2.05) is 0 Å². The van der Waals surface area contributed by atoms with Gasteiger partial charge in [-0.15, -0.1) is 0 Å². The Balaban J connectivity index is 2.72. The van der Waals surface area contributed by atoms with Gasteiger partial charge in [0.1, 0.15) is 0 Å². The maximum absolute atomic E-state index is 12.5. The molecule has 2 nitrogen and oxygen atoms in total. The molecule has 5 unspecified atom stereocenters. The summed E-state index contributed by atoms with van der Waals surface area (Å²) in [5.74, 6) is 2.74. The van der Waals surface area contributed by atoms with Crippen LogP contribution < -0.4 is 5.32 Å². The monoisotopic (exact) mass is 259 g/mol. The van der Waals surface area contributed by atoms with E-state index in [0.29, 0.717) is 23.1 Å². The molecule has 0 aromatic rings. The van der Waals surface area contributed by atoms with E-state index in [9.17, 15) is 4.21 Å². The summed E-state index contributed by atoms with van der Waals surface area (Å²) >= 11 is 0. The van der Waals surface area contributed by atoms with Crippen LogP contribution in [0.15, 0.2) is 0 Å². The molecule has 1 aliphatic carbocycles. The first kappa shape index (κ1) is 15.2. The highest BCUT2D eigenvalue weighted by Gasteiger charge is 2.37. The van der Waals surface area contributed by atoms with Gasteiger partial charge in [0.25, 0.3) is 0 Å². The van der Waals surface area contributed by atoms with Crippen LogP contribution in [-0.2, 0) is 10.8 Å². The van der Waals surface area contributed by atoms with Crippen molar-refractivity contribution in [3.8, 4) is 0 Å². The summed E-state index contributed by atoms with van der Waals surface area (Å²) in [7, 11) is -0.676. The first-order valence-electron chi connectivity index (χ1n) is 7.06. The molecule has 0 radical (unpaired) electrons. The highest BCUT2D eigenvalue weighted by atomic mass is 32.2. The second-order valence-corrected chi connectivity index (χ2v) is 7.76. The van der Waals surface area contributed by atoms with Gasteiger partial charge in [-0.3, -0.25) is 4.21 Å². The van der Waals surface area contributed by atoms with E-state index >= 15 is 0 Å². The average molecular weight is 259 g/mol. The van der Waals surface area contributed by atoms with E-state index in [2.05, 4.69) is 39.9 Å². The maximum Gasteiger partial charge on any atom is 0.0527 e. The van der Waals surface area contributed by atoms with Gasteiger partial charge in [0.2, 0.25) is 0 Å².